The highest BCUT2D eigenvalue weighted by atomic mass is 35.5. The summed E-state index contributed by atoms with van der Waals surface area (Å²) in [6.07, 6.45) is -4.69. The van der Waals surface area contributed by atoms with Crippen LogP contribution in [-0.2, 0) is 6.54 Å². The summed E-state index contributed by atoms with van der Waals surface area (Å²) in [6.45, 7) is 0.444. The van der Waals surface area contributed by atoms with E-state index >= 15 is 0 Å². The molecule has 0 aliphatic rings. The number of hydrogen-bond acceptors (Lipinski definition) is 2. The Morgan fingerprint density at radius 2 is 1.52 bits per heavy atom. The number of hydrogen-bond donors (Lipinski definition) is 1. The van der Waals surface area contributed by atoms with E-state index in [1.807, 2.05) is 0 Å². The fourth-order valence-corrected chi connectivity index (χ4v) is 2.26. The molecule has 0 fully saturated rings. The van der Waals surface area contributed by atoms with Crippen LogP contribution in [-0.4, -0.2) is 6.36 Å². The zero-order valence-corrected chi connectivity index (χ0v) is 12.1. The summed E-state index contributed by atoms with van der Waals surface area (Å²) in [5.74, 6) is -0.265. The number of benzene rings is 2. The van der Waals surface area contributed by atoms with Crippen molar-refractivity contribution in [1.82, 2.24) is 0 Å². The van der Waals surface area contributed by atoms with E-state index in [1.165, 1.54) is 24.3 Å². The lowest BCUT2D eigenvalue weighted by molar-refractivity contribution is -0.274. The molecule has 112 valence electrons. The summed E-state index contributed by atoms with van der Waals surface area (Å²) in [5.41, 5.74) is 1.52. The molecular formula is C14H10Cl2F3NO. The molecule has 21 heavy (non-hydrogen) atoms. The second-order valence-electron chi connectivity index (χ2n) is 4.20. The standard InChI is InChI=1S/C14H10Cl2F3NO/c15-10-5-9(6-11(16)7-10)8-20-12-1-3-13(4-2-12)21-14(17,18)19/h1-7,20H,8H2. The lowest BCUT2D eigenvalue weighted by Gasteiger charge is -2.10. The predicted molar refractivity (Wildman–Crippen MR) is 76.9 cm³/mol. The fraction of sp³-hybridized carbons (Fsp3) is 0.143. The van der Waals surface area contributed by atoms with E-state index in [9.17, 15) is 13.2 Å². The Labute approximate surface area is 129 Å². The summed E-state index contributed by atoms with van der Waals surface area (Å²) in [7, 11) is 0. The predicted octanol–water partition coefficient (Wildman–Crippen LogP) is 5.50. The Hall–Kier alpha value is -1.59. The van der Waals surface area contributed by atoms with Gasteiger partial charge in [0.05, 0.1) is 0 Å². The summed E-state index contributed by atoms with van der Waals surface area (Å²) in [6, 6.07) is 10.6. The SMILES string of the molecule is FC(F)(F)Oc1ccc(NCc2cc(Cl)cc(Cl)c2)cc1. The lowest BCUT2D eigenvalue weighted by Crippen LogP contribution is -2.17. The zero-order chi connectivity index (χ0) is 15.5. The van der Waals surface area contributed by atoms with Crippen LogP contribution in [0.15, 0.2) is 42.5 Å². The molecule has 0 amide bonds. The van der Waals surface area contributed by atoms with Gasteiger partial charge in [-0.2, -0.15) is 0 Å². The largest absolute Gasteiger partial charge is 0.573 e. The molecule has 0 aliphatic heterocycles. The van der Waals surface area contributed by atoms with E-state index in [0.717, 1.165) is 5.56 Å². The van der Waals surface area contributed by atoms with Crippen molar-refractivity contribution < 1.29 is 17.9 Å². The molecule has 0 atom stereocenters. The first-order valence-electron chi connectivity index (χ1n) is 5.86. The number of anilines is 1. The van der Waals surface area contributed by atoms with E-state index in [-0.39, 0.29) is 5.75 Å². The molecule has 7 heteroatoms. The highest BCUT2D eigenvalue weighted by Gasteiger charge is 2.30. The van der Waals surface area contributed by atoms with E-state index < -0.39 is 6.36 Å². The molecule has 0 unspecified atom stereocenters. The summed E-state index contributed by atoms with van der Waals surface area (Å²) in [5, 5.41) is 4.09. The zero-order valence-electron chi connectivity index (χ0n) is 10.5. The normalized spacial score (nSPS) is 11.3. The number of nitrogens with one attached hydrogen (secondary N) is 1. The van der Waals surface area contributed by atoms with Crippen molar-refractivity contribution in [2.24, 2.45) is 0 Å². The summed E-state index contributed by atoms with van der Waals surface area (Å²) in [4.78, 5) is 0. The van der Waals surface area contributed by atoms with Crippen molar-refractivity contribution in [1.29, 1.82) is 0 Å². The third kappa shape index (κ3) is 5.36. The Morgan fingerprint density at radius 3 is 2.05 bits per heavy atom. The van der Waals surface area contributed by atoms with Gasteiger partial charge < -0.3 is 10.1 Å². The maximum Gasteiger partial charge on any atom is 0.573 e. The van der Waals surface area contributed by atoms with Gasteiger partial charge in [0, 0.05) is 22.3 Å². The van der Waals surface area contributed by atoms with Crippen LogP contribution in [0, 0.1) is 0 Å². The lowest BCUT2D eigenvalue weighted by atomic mass is 10.2. The maximum absolute atomic E-state index is 12.0. The van der Waals surface area contributed by atoms with Gasteiger partial charge in [-0.3, -0.25) is 0 Å². The van der Waals surface area contributed by atoms with Crippen molar-refractivity contribution in [3.8, 4) is 5.75 Å². The topological polar surface area (TPSA) is 21.3 Å². The monoisotopic (exact) mass is 335 g/mol. The van der Waals surface area contributed by atoms with Crippen molar-refractivity contribution in [3.63, 3.8) is 0 Å². The van der Waals surface area contributed by atoms with E-state index in [1.54, 1.807) is 18.2 Å². The number of halogens is 5. The molecule has 0 saturated carbocycles. The van der Waals surface area contributed by atoms with Crippen molar-refractivity contribution in [2.45, 2.75) is 12.9 Å². The molecule has 0 spiro atoms. The number of rotatable bonds is 4. The highest BCUT2D eigenvalue weighted by molar-refractivity contribution is 6.34. The molecule has 0 radical (unpaired) electrons. The number of alkyl halides is 3. The number of ether oxygens (including phenoxy) is 1. The van der Waals surface area contributed by atoms with Gasteiger partial charge in [-0.1, -0.05) is 23.2 Å². The van der Waals surface area contributed by atoms with Gasteiger partial charge in [0.1, 0.15) is 5.75 Å². The first kappa shape index (κ1) is 15.8. The molecule has 0 aliphatic carbocycles. The fourth-order valence-electron chi connectivity index (χ4n) is 1.69. The van der Waals surface area contributed by atoms with Crippen LogP contribution in [0.2, 0.25) is 10.0 Å². The minimum atomic E-state index is -4.69. The van der Waals surface area contributed by atoms with Crippen LogP contribution in [0.1, 0.15) is 5.56 Å². The Morgan fingerprint density at radius 1 is 0.952 bits per heavy atom. The Bertz CT molecular complexity index is 594. The van der Waals surface area contributed by atoms with Crippen LogP contribution in [0.5, 0.6) is 5.75 Å². The molecule has 0 aromatic heterocycles. The van der Waals surface area contributed by atoms with Gasteiger partial charge in [0.2, 0.25) is 0 Å². The molecule has 0 bridgehead atoms. The third-order valence-electron chi connectivity index (χ3n) is 2.51. The first-order chi connectivity index (χ1) is 9.82. The van der Waals surface area contributed by atoms with Gasteiger partial charge >= 0.3 is 6.36 Å². The Balaban J connectivity index is 1.97. The van der Waals surface area contributed by atoms with Crippen LogP contribution < -0.4 is 10.1 Å². The van der Waals surface area contributed by atoms with Crippen molar-refractivity contribution >= 4 is 28.9 Å². The maximum atomic E-state index is 12.0. The first-order valence-corrected chi connectivity index (χ1v) is 6.62. The van der Waals surface area contributed by atoms with Crippen molar-refractivity contribution in [2.75, 3.05) is 5.32 Å². The molecule has 1 N–H and O–H groups in total. The van der Waals surface area contributed by atoms with E-state index in [4.69, 9.17) is 23.2 Å². The van der Waals surface area contributed by atoms with Gasteiger partial charge in [-0.25, -0.2) is 0 Å². The highest BCUT2D eigenvalue weighted by Crippen LogP contribution is 2.24. The van der Waals surface area contributed by atoms with Crippen LogP contribution in [0.25, 0.3) is 0 Å². The summed E-state index contributed by atoms with van der Waals surface area (Å²) < 4.78 is 39.9. The molecule has 2 rings (SSSR count). The third-order valence-corrected chi connectivity index (χ3v) is 2.94. The average molecular weight is 336 g/mol. The Kier molecular flexibility index (Phi) is 4.85. The molecule has 0 saturated heterocycles. The second kappa shape index (κ2) is 6.45. The van der Waals surface area contributed by atoms with Crippen molar-refractivity contribution in [3.05, 3.63) is 58.1 Å². The van der Waals surface area contributed by atoms with Gasteiger partial charge in [-0.05, 0) is 48.0 Å². The van der Waals surface area contributed by atoms with Gasteiger partial charge in [0.15, 0.2) is 0 Å². The summed E-state index contributed by atoms with van der Waals surface area (Å²) >= 11 is 11.8. The molecule has 2 aromatic carbocycles. The minimum Gasteiger partial charge on any atom is -0.406 e. The molecule has 0 heterocycles. The second-order valence-corrected chi connectivity index (χ2v) is 5.08. The minimum absolute atomic E-state index is 0.265. The van der Waals surface area contributed by atoms with Crippen LogP contribution in [0.4, 0.5) is 18.9 Å². The van der Waals surface area contributed by atoms with E-state index in [0.29, 0.717) is 22.3 Å². The van der Waals surface area contributed by atoms with Gasteiger partial charge in [-0.15, -0.1) is 13.2 Å². The molecule has 2 aromatic rings. The average Bonchev–Trinajstić information content (AvgIpc) is 2.35. The van der Waals surface area contributed by atoms with Crippen LogP contribution in [0.3, 0.4) is 0 Å². The molecular weight excluding hydrogens is 326 g/mol. The van der Waals surface area contributed by atoms with Crippen LogP contribution >= 0.6 is 23.2 Å². The van der Waals surface area contributed by atoms with E-state index in [2.05, 4.69) is 10.1 Å². The molecule has 2 nitrogen and oxygen atoms in total. The van der Waals surface area contributed by atoms with Gasteiger partial charge in [0.25, 0.3) is 0 Å². The smallest absolute Gasteiger partial charge is 0.406 e. The quantitative estimate of drug-likeness (QED) is 0.796.